The Hall–Kier alpha value is -2.54. The second-order valence-electron chi connectivity index (χ2n) is 6.19. The van der Waals surface area contributed by atoms with Gasteiger partial charge in [-0.25, -0.2) is 26.4 Å². The second-order valence-corrected chi connectivity index (χ2v) is 9.66. The lowest BCUT2D eigenvalue weighted by Crippen LogP contribution is -2.40. The molecule has 0 radical (unpaired) electrons. The zero-order chi connectivity index (χ0) is 22.5. The number of methoxy groups -OCH3 is 1. The number of carbonyl (C=O) groups is 1. The highest BCUT2D eigenvalue weighted by Gasteiger charge is 2.28. The largest absolute Gasteiger partial charge is 0.495 e. The molecule has 0 atom stereocenters. The fourth-order valence-corrected chi connectivity index (χ4v) is 4.66. The van der Waals surface area contributed by atoms with Crippen LogP contribution in [0, 0.1) is 5.82 Å². The summed E-state index contributed by atoms with van der Waals surface area (Å²) in [6.45, 7) is 1.07. The third-order valence-corrected chi connectivity index (χ3v) is 7.03. The minimum atomic E-state index is -4.19. The number of amides is 1. The van der Waals surface area contributed by atoms with Gasteiger partial charge >= 0.3 is 0 Å². The Morgan fingerprint density at radius 2 is 1.77 bits per heavy atom. The zero-order valence-corrected chi connectivity index (χ0v) is 18.0. The van der Waals surface area contributed by atoms with Crippen LogP contribution in [0.25, 0.3) is 0 Å². The maximum Gasteiger partial charge on any atom is 0.247 e. The van der Waals surface area contributed by atoms with Crippen molar-refractivity contribution in [3.8, 4) is 5.75 Å². The number of nitrogens with zero attached hydrogens (tertiary/aromatic N) is 1. The Bertz CT molecular complexity index is 1120. The van der Waals surface area contributed by atoms with Gasteiger partial charge in [0, 0.05) is 13.1 Å². The topological polar surface area (TPSA) is 136 Å². The van der Waals surface area contributed by atoms with E-state index in [0.29, 0.717) is 5.56 Å². The number of benzene rings is 2. The average Bonchev–Trinajstić information content (AvgIpc) is 2.69. The monoisotopic (exact) mass is 459 g/mol. The van der Waals surface area contributed by atoms with Crippen molar-refractivity contribution in [2.45, 2.75) is 23.3 Å². The summed E-state index contributed by atoms with van der Waals surface area (Å²) in [5.74, 6) is -1.38. The molecule has 0 heterocycles. The van der Waals surface area contributed by atoms with Crippen LogP contribution < -0.4 is 15.2 Å². The summed E-state index contributed by atoms with van der Waals surface area (Å²) >= 11 is 0. The average molecular weight is 460 g/mol. The SMILES string of the molecule is CCN(CC(=O)NCc1ccc(S(N)(=O)=O)cc1)S(=O)(=O)c1cc(F)ccc1OC. The van der Waals surface area contributed by atoms with E-state index in [1.165, 1.54) is 37.4 Å². The molecule has 2 aromatic rings. The second kappa shape index (κ2) is 9.51. The van der Waals surface area contributed by atoms with Gasteiger partial charge in [-0.15, -0.1) is 0 Å². The summed E-state index contributed by atoms with van der Waals surface area (Å²) in [4.78, 5) is 11.8. The zero-order valence-electron chi connectivity index (χ0n) is 16.3. The molecule has 3 N–H and O–H groups in total. The molecule has 12 heteroatoms. The van der Waals surface area contributed by atoms with Gasteiger partial charge < -0.3 is 10.1 Å². The van der Waals surface area contributed by atoms with Crippen molar-refractivity contribution in [3.63, 3.8) is 0 Å². The van der Waals surface area contributed by atoms with Gasteiger partial charge in [0.15, 0.2) is 0 Å². The van der Waals surface area contributed by atoms with E-state index in [4.69, 9.17) is 9.88 Å². The van der Waals surface area contributed by atoms with Crippen LogP contribution in [-0.4, -0.2) is 47.2 Å². The van der Waals surface area contributed by atoms with Gasteiger partial charge in [-0.05, 0) is 35.9 Å². The molecule has 0 saturated carbocycles. The standard InChI is InChI=1S/C18H22FN3O6S2/c1-3-22(30(26,27)17-10-14(19)6-9-16(17)28-2)12-18(23)21-11-13-4-7-15(8-5-13)29(20,24)25/h4-10H,3,11-12H2,1-2H3,(H,21,23)(H2,20,24,25). The fraction of sp³-hybridized carbons (Fsp3) is 0.278. The smallest absolute Gasteiger partial charge is 0.247 e. The third kappa shape index (κ3) is 5.75. The molecule has 2 rings (SSSR count). The molecule has 0 fully saturated rings. The first kappa shape index (κ1) is 23.7. The van der Waals surface area contributed by atoms with Crippen LogP contribution in [0.5, 0.6) is 5.75 Å². The van der Waals surface area contributed by atoms with Crippen molar-refractivity contribution in [2.24, 2.45) is 5.14 Å². The summed E-state index contributed by atoms with van der Waals surface area (Å²) in [5.41, 5.74) is 0.591. The van der Waals surface area contributed by atoms with Gasteiger partial charge in [0.05, 0.1) is 18.6 Å². The Balaban J connectivity index is 2.10. The van der Waals surface area contributed by atoms with Crippen molar-refractivity contribution in [2.75, 3.05) is 20.2 Å². The molecule has 0 bridgehead atoms. The molecule has 0 aliphatic rings. The van der Waals surface area contributed by atoms with Gasteiger partial charge in [-0.3, -0.25) is 4.79 Å². The first-order valence-electron chi connectivity index (χ1n) is 8.71. The fourth-order valence-electron chi connectivity index (χ4n) is 2.57. The molecular formula is C18H22FN3O6S2. The number of likely N-dealkylation sites (N-methyl/N-ethyl adjacent to an activating group) is 1. The molecule has 30 heavy (non-hydrogen) atoms. The van der Waals surface area contributed by atoms with E-state index in [1.54, 1.807) is 6.92 Å². The number of hydrogen-bond donors (Lipinski definition) is 2. The van der Waals surface area contributed by atoms with Crippen molar-refractivity contribution in [1.29, 1.82) is 0 Å². The molecule has 164 valence electrons. The van der Waals surface area contributed by atoms with Gasteiger partial charge in [0.25, 0.3) is 0 Å². The minimum absolute atomic E-state index is 0.0293. The number of hydrogen-bond acceptors (Lipinski definition) is 6. The molecule has 0 aliphatic carbocycles. The van der Waals surface area contributed by atoms with Crippen LogP contribution in [0.4, 0.5) is 4.39 Å². The van der Waals surface area contributed by atoms with Crippen molar-refractivity contribution in [3.05, 3.63) is 53.8 Å². The number of ether oxygens (including phenoxy) is 1. The van der Waals surface area contributed by atoms with E-state index in [0.717, 1.165) is 16.4 Å². The van der Waals surface area contributed by atoms with Crippen LogP contribution >= 0.6 is 0 Å². The number of nitrogens with one attached hydrogen (secondary N) is 1. The van der Waals surface area contributed by atoms with Crippen LogP contribution in [0.1, 0.15) is 12.5 Å². The summed E-state index contributed by atoms with van der Waals surface area (Å²) in [5, 5.41) is 7.58. The number of carbonyl (C=O) groups excluding carboxylic acids is 1. The highest BCUT2D eigenvalue weighted by atomic mass is 32.2. The maximum absolute atomic E-state index is 13.6. The highest BCUT2D eigenvalue weighted by molar-refractivity contribution is 7.89. The lowest BCUT2D eigenvalue weighted by atomic mass is 10.2. The molecule has 0 saturated heterocycles. The van der Waals surface area contributed by atoms with E-state index >= 15 is 0 Å². The Labute approximate surface area is 174 Å². The Kier molecular flexibility index (Phi) is 7.53. The maximum atomic E-state index is 13.6. The number of primary sulfonamides is 1. The van der Waals surface area contributed by atoms with Gasteiger partial charge in [-0.2, -0.15) is 4.31 Å². The number of sulfonamides is 2. The molecule has 1 amide bonds. The van der Waals surface area contributed by atoms with Crippen LogP contribution in [-0.2, 0) is 31.4 Å². The van der Waals surface area contributed by atoms with Gasteiger partial charge in [0.1, 0.15) is 16.5 Å². The van der Waals surface area contributed by atoms with Crippen LogP contribution in [0.2, 0.25) is 0 Å². The lowest BCUT2D eigenvalue weighted by molar-refractivity contribution is -0.121. The predicted molar refractivity (Wildman–Crippen MR) is 107 cm³/mol. The number of halogens is 1. The predicted octanol–water partition coefficient (Wildman–Crippen LogP) is 0.809. The molecule has 0 aliphatic heterocycles. The molecule has 0 unspecified atom stereocenters. The molecular weight excluding hydrogens is 437 g/mol. The van der Waals surface area contributed by atoms with Crippen LogP contribution in [0.3, 0.4) is 0 Å². The first-order valence-corrected chi connectivity index (χ1v) is 11.7. The summed E-state index contributed by atoms with van der Waals surface area (Å²) < 4.78 is 67.7. The summed E-state index contributed by atoms with van der Waals surface area (Å²) in [6.07, 6.45) is 0. The van der Waals surface area contributed by atoms with E-state index in [2.05, 4.69) is 5.32 Å². The Morgan fingerprint density at radius 3 is 2.30 bits per heavy atom. The minimum Gasteiger partial charge on any atom is -0.495 e. The molecule has 9 nitrogen and oxygen atoms in total. The van der Waals surface area contributed by atoms with E-state index in [1.807, 2.05) is 0 Å². The van der Waals surface area contributed by atoms with Crippen molar-refractivity contribution < 1.29 is 30.8 Å². The normalized spacial score (nSPS) is 12.0. The van der Waals surface area contributed by atoms with Gasteiger partial charge in [0.2, 0.25) is 26.0 Å². The summed E-state index contributed by atoms with van der Waals surface area (Å²) in [7, 11) is -6.75. The third-order valence-electron chi connectivity index (χ3n) is 4.16. The summed E-state index contributed by atoms with van der Waals surface area (Å²) in [6, 6.07) is 8.66. The number of nitrogens with two attached hydrogens (primary N) is 1. The molecule has 0 spiro atoms. The lowest BCUT2D eigenvalue weighted by Gasteiger charge is -2.21. The van der Waals surface area contributed by atoms with E-state index in [-0.39, 0.29) is 28.6 Å². The quantitative estimate of drug-likeness (QED) is 0.570. The number of rotatable bonds is 9. The van der Waals surface area contributed by atoms with Crippen molar-refractivity contribution in [1.82, 2.24) is 9.62 Å². The van der Waals surface area contributed by atoms with Crippen LogP contribution in [0.15, 0.2) is 52.3 Å². The highest BCUT2D eigenvalue weighted by Crippen LogP contribution is 2.27. The van der Waals surface area contributed by atoms with E-state index in [9.17, 15) is 26.0 Å². The van der Waals surface area contributed by atoms with E-state index < -0.39 is 38.3 Å². The molecule has 2 aromatic carbocycles. The first-order chi connectivity index (χ1) is 14.0. The Morgan fingerprint density at radius 1 is 1.13 bits per heavy atom. The van der Waals surface area contributed by atoms with Gasteiger partial charge in [-0.1, -0.05) is 19.1 Å². The van der Waals surface area contributed by atoms with Crippen molar-refractivity contribution >= 4 is 26.0 Å². The molecule has 0 aromatic heterocycles.